The number of nitrogen functional groups attached to an aromatic ring is 1. The van der Waals surface area contributed by atoms with E-state index >= 15 is 0 Å². The zero-order valence-electron chi connectivity index (χ0n) is 14.6. The molecule has 1 aromatic carbocycles. The highest BCUT2D eigenvalue weighted by molar-refractivity contribution is 6.01. The lowest BCUT2D eigenvalue weighted by atomic mass is 9.76. The Morgan fingerprint density at radius 1 is 1.09 bits per heavy atom. The smallest absolute Gasteiger partial charge is 0.410 e. The summed E-state index contributed by atoms with van der Waals surface area (Å²) >= 11 is 0. The number of anilines is 2. The Labute approximate surface area is 136 Å². The van der Waals surface area contributed by atoms with E-state index in [0.717, 1.165) is 22.0 Å². The van der Waals surface area contributed by atoms with Crippen LogP contribution in [-0.2, 0) is 10.8 Å². The Balaban J connectivity index is 2.99. The fourth-order valence-corrected chi connectivity index (χ4v) is 2.83. The van der Waals surface area contributed by atoms with Crippen LogP contribution >= 0.6 is 0 Å². The molecule has 0 radical (unpaired) electrons. The number of amides is 1. The van der Waals surface area contributed by atoms with E-state index in [9.17, 15) is 4.79 Å². The highest BCUT2D eigenvalue weighted by atomic mass is 16.4. The molecule has 0 aliphatic rings. The molecule has 0 bridgehead atoms. The molecule has 5 nitrogen and oxygen atoms in total. The monoisotopic (exact) mass is 315 g/mol. The predicted octanol–water partition coefficient (Wildman–Crippen LogP) is 4.50. The summed E-state index contributed by atoms with van der Waals surface area (Å²) in [4.78, 5) is 15.8. The standard InChI is InChI=1S/C18H25N3O2/c1-17(2,3)13-12-9-10(19)7-8-11(12)15(21-16(22)23)20-14(13)18(4,5)6/h7-9H,19H2,1-6H3,(H,20,21)(H,22,23). The Hall–Kier alpha value is -2.30. The number of hydrogen-bond acceptors (Lipinski definition) is 3. The van der Waals surface area contributed by atoms with Gasteiger partial charge in [-0.15, -0.1) is 0 Å². The molecule has 124 valence electrons. The third-order valence-corrected chi connectivity index (χ3v) is 3.71. The average molecular weight is 315 g/mol. The first-order chi connectivity index (χ1) is 10.4. The molecule has 4 N–H and O–H groups in total. The van der Waals surface area contributed by atoms with Gasteiger partial charge in [0.25, 0.3) is 0 Å². The molecule has 1 aromatic heterocycles. The largest absolute Gasteiger partial charge is 0.465 e. The molecular formula is C18H25N3O2. The van der Waals surface area contributed by atoms with Crippen molar-refractivity contribution in [3.05, 3.63) is 29.5 Å². The molecule has 0 fully saturated rings. The minimum absolute atomic E-state index is 0.149. The zero-order chi connectivity index (χ0) is 17.6. The number of hydrogen-bond donors (Lipinski definition) is 3. The number of benzene rings is 1. The van der Waals surface area contributed by atoms with Gasteiger partial charge in [0.2, 0.25) is 0 Å². The molecule has 0 saturated carbocycles. The maximum Gasteiger partial charge on any atom is 0.410 e. The molecule has 0 aliphatic heterocycles. The van der Waals surface area contributed by atoms with E-state index in [1.54, 1.807) is 6.07 Å². The molecule has 2 aromatic rings. The summed E-state index contributed by atoms with van der Waals surface area (Å²) in [6, 6.07) is 5.49. The van der Waals surface area contributed by atoms with Gasteiger partial charge < -0.3 is 10.8 Å². The summed E-state index contributed by atoms with van der Waals surface area (Å²) < 4.78 is 0. The van der Waals surface area contributed by atoms with Crippen molar-refractivity contribution in [2.45, 2.75) is 52.4 Å². The van der Waals surface area contributed by atoms with Gasteiger partial charge in [0.05, 0.1) is 5.69 Å². The molecule has 1 heterocycles. The SMILES string of the molecule is CC(C)(C)c1nc(NC(=O)O)c2ccc(N)cc2c1C(C)(C)C. The number of nitrogens with zero attached hydrogens (tertiary/aromatic N) is 1. The maximum atomic E-state index is 11.1. The van der Waals surface area contributed by atoms with Crippen LogP contribution in [0, 0.1) is 0 Å². The van der Waals surface area contributed by atoms with Gasteiger partial charge in [-0.3, -0.25) is 5.32 Å². The van der Waals surface area contributed by atoms with Crippen LogP contribution in [0.4, 0.5) is 16.3 Å². The number of rotatable bonds is 1. The molecule has 23 heavy (non-hydrogen) atoms. The van der Waals surface area contributed by atoms with E-state index in [2.05, 4.69) is 51.8 Å². The number of carboxylic acid groups (broad SMARTS) is 1. The van der Waals surface area contributed by atoms with E-state index in [-0.39, 0.29) is 10.8 Å². The molecule has 2 rings (SSSR count). The summed E-state index contributed by atoms with van der Waals surface area (Å²) in [5, 5.41) is 13.3. The number of nitrogens with one attached hydrogen (secondary N) is 1. The minimum Gasteiger partial charge on any atom is -0.465 e. The molecule has 0 saturated heterocycles. The van der Waals surface area contributed by atoms with Crippen LogP contribution in [0.1, 0.15) is 52.8 Å². The van der Waals surface area contributed by atoms with Crippen molar-refractivity contribution in [2.24, 2.45) is 0 Å². The van der Waals surface area contributed by atoms with Gasteiger partial charge in [-0.05, 0) is 34.6 Å². The molecule has 1 amide bonds. The Bertz CT molecular complexity index is 768. The molecule has 5 heteroatoms. The lowest BCUT2D eigenvalue weighted by Crippen LogP contribution is -2.25. The van der Waals surface area contributed by atoms with Crippen LogP contribution in [0.5, 0.6) is 0 Å². The fourth-order valence-electron chi connectivity index (χ4n) is 2.83. The van der Waals surface area contributed by atoms with Crippen LogP contribution < -0.4 is 11.1 Å². The molecule has 0 aliphatic carbocycles. The lowest BCUT2D eigenvalue weighted by Gasteiger charge is -2.31. The number of pyridine rings is 1. The van der Waals surface area contributed by atoms with Gasteiger partial charge in [-0.1, -0.05) is 41.5 Å². The second-order valence-corrected chi connectivity index (χ2v) is 7.92. The molecule has 0 unspecified atom stereocenters. The summed E-state index contributed by atoms with van der Waals surface area (Å²) in [6.07, 6.45) is -1.13. The van der Waals surface area contributed by atoms with E-state index in [1.165, 1.54) is 0 Å². The van der Waals surface area contributed by atoms with Gasteiger partial charge in [0, 0.05) is 16.5 Å². The van der Waals surface area contributed by atoms with Crippen molar-refractivity contribution in [1.82, 2.24) is 4.98 Å². The van der Waals surface area contributed by atoms with E-state index in [4.69, 9.17) is 10.8 Å². The fraction of sp³-hybridized carbons (Fsp3) is 0.444. The van der Waals surface area contributed by atoms with Crippen LogP contribution in [0.2, 0.25) is 0 Å². The summed E-state index contributed by atoms with van der Waals surface area (Å²) in [7, 11) is 0. The molecule has 0 atom stereocenters. The van der Waals surface area contributed by atoms with Crippen molar-refractivity contribution in [3.63, 3.8) is 0 Å². The first-order valence-electron chi connectivity index (χ1n) is 7.65. The van der Waals surface area contributed by atoms with Crippen molar-refractivity contribution in [2.75, 3.05) is 11.1 Å². The highest BCUT2D eigenvalue weighted by Gasteiger charge is 2.30. The number of fused-ring (bicyclic) bond motifs is 1. The van der Waals surface area contributed by atoms with Crippen molar-refractivity contribution in [3.8, 4) is 0 Å². The van der Waals surface area contributed by atoms with Crippen LogP contribution in [0.3, 0.4) is 0 Å². The Morgan fingerprint density at radius 2 is 1.70 bits per heavy atom. The van der Waals surface area contributed by atoms with Gasteiger partial charge in [-0.2, -0.15) is 0 Å². The maximum absolute atomic E-state index is 11.1. The summed E-state index contributed by atoms with van der Waals surface area (Å²) in [5.74, 6) is 0.352. The van der Waals surface area contributed by atoms with E-state index < -0.39 is 6.09 Å². The third kappa shape index (κ3) is 3.38. The first-order valence-corrected chi connectivity index (χ1v) is 7.65. The predicted molar refractivity (Wildman–Crippen MR) is 95.2 cm³/mol. The second kappa shape index (κ2) is 5.41. The van der Waals surface area contributed by atoms with Crippen LogP contribution in [0.15, 0.2) is 18.2 Å². The van der Waals surface area contributed by atoms with E-state index in [0.29, 0.717) is 11.5 Å². The summed E-state index contributed by atoms with van der Waals surface area (Å²) in [6.45, 7) is 12.6. The number of aromatic nitrogens is 1. The number of carbonyl (C=O) groups is 1. The molecule has 0 spiro atoms. The highest BCUT2D eigenvalue weighted by Crippen LogP contribution is 2.40. The van der Waals surface area contributed by atoms with Crippen molar-refractivity contribution < 1.29 is 9.90 Å². The van der Waals surface area contributed by atoms with Crippen LogP contribution in [0.25, 0.3) is 10.8 Å². The van der Waals surface area contributed by atoms with Crippen molar-refractivity contribution in [1.29, 1.82) is 0 Å². The van der Waals surface area contributed by atoms with Gasteiger partial charge in [-0.25, -0.2) is 9.78 Å². The Morgan fingerprint density at radius 3 is 2.17 bits per heavy atom. The second-order valence-electron chi connectivity index (χ2n) is 7.92. The quantitative estimate of drug-likeness (QED) is 0.676. The normalized spacial score (nSPS) is 12.4. The van der Waals surface area contributed by atoms with Gasteiger partial charge in [0.15, 0.2) is 0 Å². The minimum atomic E-state index is -1.13. The topological polar surface area (TPSA) is 88.2 Å². The zero-order valence-corrected chi connectivity index (χ0v) is 14.6. The van der Waals surface area contributed by atoms with Gasteiger partial charge >= 0.3 is 6.09 Å². The lowest BCUT2D eigenvalue weighted by molar-refractivity contribution is 0.209. The average Bonchev–Trinajstić information content (AvgIpc) is 2.34. The van der Waals surface area contributed by atoms with Crippen LogP contribution in [-0.4, -0.2) is 16.2 Å². The number of nitrogens with two attached hydrogens (primary N) is 1. The summed E-state index contributed by atoms with van der Waals surface area (Å²) in [5.41, 5.74) is 8.24. The van der Waals surface area contributed by atoms with Crippen molar-refractivity contribution >= 4 is 28.4 Å². The Kier molecular flexibility index (Phi) is 4.01. The van der Waals surface area contributed by atoms with E-state index in [1.807, 2.05) is 12.1 Å². The van der Waals surface area contributed by atoms with Gasteiger partial charge in [0.1, 0.15) is 5.82 Å². The molecular weight excluding hydrogens is 290 g/mol. The third-order valence-electron chi connectivity index (χ3n) is 3.71. The first kappa shape index (κ1) is 17.1.